The molecule has 3 aromatic rings. The topological polar surface area (TPSA) is 145 Å². The molecule has 5 aliphatic rings. The molecule has 0 N–H and O–H groups in total. The molecule has 0 atom stereocenters. The highest BCUT2D eigenvalue weighted by Gasteiger charge is 2.18. The lowest BCUT2D eigenvalue weighted by Crippen LogP contribution is -2.37. The molecule has 338 valence electrons. The molecule has 8 rings (SSSR count). The summed E-state index contributed by atoms with van der Waals surface area (Å²) in [6, 6.07) is 11.6. The van der Waals surface area contributed by atoms with Crippen molar-refractivity contribution in [3.05, 3.63) is 109 Å². The Balaban J connectivity index is 0.000000343. The lowest BCUT2D eigenvalue weighted by Gasteiger charge is -2.21. The van der Waals surface area contributed by atoms with Gasteiger partial charge < -0.3 is 29.2 Å². The van der Waals surface area contributed by atoms with Crippen LogP contribution in [-0.4, -0.2) is 195 Å². The van der Waals surface area contributed by atoms with Crippen LogP contribution in [0.4, 0.5) is 0 Å². The summed E-state index contributed by atoms with van der Waals surface area (Å²) in [4.78, 5) is 26.3. The summed E-state index contributed by atoms with van der Waals surface area (Å²) in [6.07, 6.45) is 15.7. The second kappa shape index (κ2) is 34.5. The highest BCUT2D eigenvalue weighted by molar-refractivity contribution is 7.99. The van der Waals surface area contributed by atoms with Crippen LogP contribution in [0.25, 0.3) is 0 Å². The van der Waals surface area contributed by atoms with E-state index in [0.29, 0.717) is 24.6 Å². The van der Waals surface area contributed by atoms with E-state index >= 15 is 0 Å². The van der Waals surface area contributed by atoms with Crippen LogP contribution in [-0.2, 0) is 36.2 Å². The summed E-state index contributed by atoms with van der Waals surface area (Å²) in [5, 5.41) is 0. The van der Waals surface area contributed by atoms with Gasteiger partial charge in [-0.3, -0.25) is 18.4 Å². The zero-order valence-electron chi connectivity index (χ0n) is 37.2. The van der Waals surface area contributed by atoms with Crippen molar-refractivity contribution in [2.24, 2.45) is 0 Å². The molecule has 0 unspecified atom stereocenters. The fraction of sp³-hybridized carbons (Fsp3) is 0.571. The third-order valence-electron chi connectivity index (χ3n) is 8.71. The first-order valence-corrected chi connectivity index (χ1v) is 26.0. The Kier molecular flexibility index (Phi) is 31.6. The van der Waals surface area contributed by atoms with E-state index < -0.39 is 31.4 Å². The van der Waals surface area contributed by atoms with Crippen LogP contribution >= 0.6 is 11.8 Å². The summed E-state index contributed by atoms with van der Waals surface area (Å²) < 4.78 is 47.7. The SMILES string of the molecule is CN1C=COC=C1.CN1CCS(=O)(=O)CC1.CN1CCS(=O)CC1.CN1CCS(=O)CC1.CN1CCSCC1.Cc1ccccn1.Cc1ccncc1.Cc1ncccn1. The lowest BCUT2D eigenvalue weighted by molar-refractivity contribution is 0.360. The van der Waals surface area contributed by atoms with Gasteiger partial charge in [0.1, 0.15) is 18.3 Å². The molecule has 4 fully saturated rings. The Morgan fingerprint density at radius 2 is 1.03 bits per heavy atom. The van der Waals surface area contributed by atoms with Crippen LogP contribution in [0.1, 0.15) is 17.1 Å². The lowest BCUT2D eigenvalue weighted by atomic mass is 10.3. The van der Waals surface area contributed by atoms with Crippen molar-refractivity contribution in [2.45, 2.75) is 20.8 Å². The third kappa shape index (κ3) is 33.6. The smallest absolute Gasteiger partial charge is 0.152 e. The molecule has 18 heteroatoms. The van der Waals surface area contributed by atoms with Gasteiger partial charge in [0.25, 0.3) is 0 Å². The normalized spacial score (nSPS) is 19.2. The standard InChI is InChI=1S/2C6H7N.C5H6N2.C5H11NO2S.2C5H11NOS.C5H7NO.C5H11NS/c1-6-2-4-7-5-3-6;1-6-4-2-3-5-7-6;1-5-6-3-2-4-7-5;1-6-2-4-9(7,8)5-3-6;2*1-6-2-4-8(7)5-3-6;2*1-6-2-4-7-5-3-6/h2*2-5H,1H3;2-4H,1H3;2-5H2,1H3;2*2-5H2,1H3;2-5H,1H3;2-5H2,1H3. The Morgan fingerprint density at radius 1 is 0.583 bits per heavy atom. The highest BCUT2D eigenvalue weighted by Crippen LogP contribution is 2.06. The molecular weight excluding hydrogens is 839 g/mol. The van der Waals surface area contributed by atoms with Gasteiger partial charge in [0.2, 0.25) is 0 Å². The van der Waals surface area contributed by atoms with Crippen molar-refractivity contribution < 1.29 is 21.6 Å². The predicted octanol–water partition coefficient (Wildman–Crippen LogP) is 3.83. The Hall–Kier alpha value is -3.10. The minimum absolute atomic E-state index is 0.337. The summed E-state index contributed by atoms with van der Waals surface area (Å²) >= 11 is 2.06. The molecule has 0 aliphatic carbocycles. The minimum Gasteiger partial charge on any atom is -0.470 e. The summed E-state index contributed by atoms with van der Waals surface area (Å²) in [5.74, 6) is 7.64. The maximum atomic E-state index is 10.8. The van der Waals surface area contributed by atoms with Crippen molar-refractivity contribution in [1.29, 1.82) is 0 Å². The second-order valence-electron chi connectivity index (χ2n) is 14.3. The zero-order chi connectivity index (χ0) is 44.4. The molecule has 0 saturated carbocycles. The van der Waals surface area contributed by atoms with Crippen LogP contribution in [0.15, 0.2) is 92.3 Å². The quantitative estimate of drug-likeness (QED) is 0.322. The number of aryl methyl sites for hydroxylation is 3. The van der Waals surface area contributed by atoms with E-state index in [1.54, 1.807) is 49.6 Å². The van der Waals surface area contributed by atoms with Gasteiger partial charge in [0.15, 0.2) is 9.84 Å². The summed E-state index contributed by atoms with van der Waals surface area (Å²) in [7, 11) is 6.53. The van der Waals surface area contributed by atoms with E-state index in [2.05, 4.69) is 67.5 Å². The highest BCUT2D eigenvalue weighted by atomic mass is 32.2. The fourth-order valence-electron chi connectivity index (χ4n) is 4.52. The van der Waals surface area contributed by atoms with Crippen molar-refractivity contribution in [3.63, 3.8) is 0 Å². The average molecular weight is 910 g/mol. The molecule has 5 aliphatic heterocycles. The predicted molar refractivity (Wildman–Crippen MR) is 254 cm³/mol. The van der Waals surface area contributed by atoms with Gasteiger partial charge in [-0.15, -0.1) is 0 Å². The van der Waals surface area contributed by atoms with Crippen LogP contribution in [0, 0.1) is 20.8 Å². The molecule has 8 heterocycles. The van der Waals surface area contributed by atoms with E-state index in [1.807, 2.05) is 87.4 Å². The van der Waals surface area contributed by atoms with Crippen molar-refractivity contribution in [3.8, 4) is 0 Å². The second-order valence-corrected chi connectivity index (χ2v) is 21.3. The molecule has 0 amide bonds. The summed E-state index contributed by atoms with van der Waals surface area (Å²) in [6.45, 7) is 13.9. The number of ether oxygens (including phenoxy) is 1. The molecule has 60 heavy (non-hydrogen) atoms. The molecule has 0 aromatic carbocycles. The van der Waals surface area contributed by atoms with E-state index in [9.17, 15) is 16.8 Å². The molecule has 0 bridgehead atoms. The molecular formula is C42H71N9O5S4. The first kappa shape index (κ1) is 54.9. The van der Waals surface area contributed by atoms with Crippen molar-refractivity contribution >= 4 is 43.2 Å². The molecule has 0 radical (unpaired) electrons. The first-order valence-electron chi connectivity index (χ1n) is 20.1. The van der Waals surface area contributed by atoms with Crippen LogP contribution in [0.5, 0.6) is 0 Å². The van der Waals surface area contributed by atoms with E-state index in [1.165, 1.54) is 30.2 Å². The molecule has 4 saturated heterocycles. The van der Waals surface area contributed by atoms with Crippen LogP contribution in [0.2, 0.25) is 0 Å². The summed E-state index contributed by atoms with van der Waals surface area (Å²) in [5.41, 5.74) is 2.33. The number of nitrogens with zero attached hydrogens (tertiary/aromatic N) is 9. The Bertz CT molecular complexity index is 1550. The van der Waals surface area contributed by atoms with Gasteiger partial charge in [-0.1, -0.05) is 6.07 Å². The van der Waals surface area contributed by atoms with Gasteiger partial charge in [0.05, 0.1) is 11.5 Å². The molecule has 3 aromatic heterocycles. The minimum atomic E-state index is -2.66. The van der Waals surface area contributed by atoms with E-state index in [-0.39, 0.29) is 0 Å². The van der Waals surface area contributed by atoms with Gasteiger partial charge in [-0.05, 0) is 84.9 Å². The Labute approximate surface area is 371 Å². The van der Waals surface area contributed by atoms with Gasteiger partial charge in [0, 0.05) is 165 Å². The van der Waals surface area contributed by atoms with E-state index in [0.717, 1.165) is 60.7 Å². The number of thioether (sulfide) groups is 1. The number of hydrogen-bond donors (Lipinski definition) is 0. The third-order valence-corrected chi connectivity index (χ3v) is 13.8. The molecule has 0 spiro atoms. The van der Waals surface area contributed by atoms with Gasteiger partial charge in [-0.2, -0.15) is 11.8 Å². The number of aromatic nitrogens is 4. The van der Waals surface area contributed by atoms with Crippen LogP contribution < -0.4 is 0 Å². The number of hydrogen-bond acceptors (Lipinski definition) is 15. The van der Waals surface area contributed by atoms with E-state index in [4.69, 9.17) is 4.74 Å². The largest absolute Gasteiger partial charge is 0.470 e. The van der Waals surface area contributed by atoms with Crippen LogP contribution in [0.3, 0.4) is 0 Å². The first-order chi connectivity index (χ1) is 28.6. The molecule has 14 nitrogen and oxygen atoms in total. The van der Waals surface area contributed by atoms with Crippen molar-refractivity contribution in [2.75, 3.05) is 134 Å². The number of sulfone groups is 1. The average Bonchev–Trinajstić information content (AvgIpc) is 3.24. The van der Waals surface area contributed by atoms with Crippen molar-refractivity contribution in [1.82, 2.24) is 44.4 Å². The van der Waals surface area contributed by atoms with Gasteiger partial charge in [-0.25, -0.2) is 18.4 Å². The monoisotopic (exact) mass is 909 g/mol. The maximum absolute atomic E-state index is 10.8. The fourth-order valence-corrected chi connectivity index (χ4v) is 9.46. The van der Waals surface area contributed by atoms with Gasteiger partial charge >= 0.3 is 0 Å². The number of rotatable bonds is 0. The maximum Gasteiger partial charge on any atom is 0.152 e. The Morgan fingerprint density at radius 3 is 1.30 bits per heavy atom. The zero-order valence-corrected chi connectivity index (χ0v) is 40.4. The number of pyridine rings is 2.